The van der Waals surface area contributed by atoms with E-state index in [1.807, 2.05) is 18.7 Å². The Hall–Kier alpha value is -1.34. The van der Waals surface area contributed by atoms with Gasteiger partial charge in [-0.1, -0.05) is 12.2 Å². The summed E-state index contributed by atoms with van der Waals surface area (Å²) in [6.45, 7) is 4.35. The Balaban J connectivity index is 3.30. The van der Waals surface area contributed by atoms with E-state index in [4.69, 9.17) is 23.1 Å². The topological polar surface area (TPSA) is 49.5 Å². The molecule has 3 N–H and O–H groups in total. The van der Waals surface area contributed by atoms with Crippen LogP contribution in [0.25, 0.3) is 0 Å². The van der Waals surface area contributed by atoms with Gasteiger partial charge in [-0.2, -0.15) is 13.2 Å². The molecule has 0 saturated carbocycles. The highest BCUT2D eigenvalue weighted by Gasteiger charge is 2.31. The molecular weight excluding hydrogens is 301 g/mol. The number of thiocarbonyl (C=S) groups is 1. The molecule has 0 radical (unpaired) electrons. The molecule has 118 valence electrons. The Morgan fingerprint density at radius 3 is 2.43 bits per heavy atom. The Labute approximate surface area is 127 Å². The molecule has 0 aliphatic carbocycles. The molecule has 21 heavy (non-hydrogen) atoms. The summed E-state index contributed by atoms with van der Waals surface area (Å²) in [7, 11) is 0. The number of aliphatic hydroxyl groups excluding tert-OH is 1. The minimum Gasteiger partial charge on any atom is -0.396 e. The summed E-state index contributed by atoms with van der Waals surface area (Å²) < 4.78 is 38.4. The lowest BCUT2D eigenvalue weighted by Gasteiger charge is -2.31. The fourth-order valence-corrected chi connectivity index (χ4v) is 2.22. The zero-order valence-electron chi connectivity index (χ0n) is 11.9. The van der Waals surface area contributed by atoms with Crippen LogP contribution >= 0.6 is 12.2 Å². The second-order valence-electron chi connectivity index (χ2n) is 4.96. The first-order chi connectivity index (χ1) is 9.68. The number of anilines is 1. The molecule has 0 aliphatic rings. The van der Waals surface area contributed by atoms with E-state index in [0.717, 1.165) is 12.1 Å². The zero-order chi connectivity index (χ0) is 16.2. The van der Waals surface area contributed by atoms with Crippen LogP contribution in [-0.4, -0.2) is 29.3 Å². The van der Waals surface area contributed by atoms with Crippen LogP contribution in [0.15, 0.2) is 18.2 Å². The summed E-state index contributed by atoms with van der Waals surface area (Å²) in [6.07, 6.45) is -3.93. The highest BCUT2D eigenvalue weighted by molar-refractivity contribution is 7.80. The highest BCUT2D eigenvalue weighted by Crippen LogP contribution is 2.33. The summed E-state index contributed by atoms with van der Waals surface area (Å²) in [5.41, 5.74) is 5.56. The molecule has 0 aromatic heterocycles. The van der Waals surface area contributed by atoms with Crippen molar-refractivity contribution in [2.75, 3.05) is 18.1 Å². The fourth-order valence-electron chi connectivity index (χ4n) is 2.06. The number of rotatable bonds is 6. The van der Waals surface area contributed by atoms with E-state index >= 15 is 0 Å². The van der Waals surface area contributed by atoms with Crippen molar-refractivity contribution >= 4 is 22.9 Å². The van der Waals surface area contributed by atoms with Gasteiger partial charge < -0.3 is 15.7 Å². The fraction of sp³-hybridized carbons (Fsp3) is 0.500. The zero-order valence-corrected chi connectivity index (χ0v) is 12.8. The molecule has 0 saturated heterocycles. The van der Waals surface area contributed by atoms with E-state index in [-0.39, 0.29) is 23.2 Å². The monoisotopic (exact) mass is 320 g/mol. The van der Waals surface area contributed by atoms with Crippen molar-refractivity contribution in [3.63, 3.8) is 0 Å². The normalized spacial score (nSPS) is 11.8. The van der Waals surface area contributed by atoms with E-state index in [1.54, 1.807) is 0 Å². The second kappa shape index (κ2) is 7.09. The molecular formula is C14H19F3N2OS. The van der Waals surface area contributed by atoms with Gasteiger partial charge in [0.1, 0.15) is 4.99 Å². The molecule has 0 spiro atoms. The Morgan fingerprint density at radius 2 is 2.00 bits per heavy atom. The lowest BCUT2D eigenvalue weighted by Crippen LogP contribution is -2.34. The predicted molar refractivity (Wildman–Crippen MR) is 81.5 cm³/mol. The van der Waals surface area contributed by atoms with Crippen molar-refractivity contribution in [3.05, 3.63) is 29.3 Å². The summed E-state index contributed by atoms with van der Waals surface area (Å²) in [5.74, 6) is 0. The molecule has 0 aliphatic heterocycles. The van der Waals surface area contributed by atoms with Gasteiger partial charge in [0.05, 0.1) is 5.56 Å². The summed E-state index contributed by atoms with van der Waals surface area (Å²) in [6, 6.07) is 3.42. The van der Waals surface area contributed by atoms with Gasteiger partial charge in [0.2, 0.25) is 0 Å². The maximum atomic E-state index is 12.8. The number of nitrogens with two attached hydrogens (primary N) is 1. The standard InChI is InChI=1S/C14H19F3N2OS/c1-9(2)19(6-3-7-20)12-5-4-10(14(15,16)17)8-11(12)13(18)21/h4-5,8-9,20H,3,6-7H2,1-2H3,(H2,18,21). The predicted octanol–water partition coefficient (Wildman–Crippen LogP) is 2.94. The molecule has 0 atom stereocenters. The lowest BCUT2D eigenvalue weighted by atomic mass is 10.1. The van der Waals surface area contributed by atoms with Crippen LogP contribution in [0.4, 0.5) is 18.9 Å². The van der Waals surface area contributed by atoms with Crippen LogP contribution in [0.3, 0.4) is 0 Å². The van der Waals surface area contributed by atoms with E-state index in [9.17, 15) is 13.2 Å². The van der Waals surface area contributed by atoms with E-state index in [2.05, 4.69) is 0 Å². The van der Waals surface area contributed by atoms with Crippen LogP contribution in [0.1, 0.15) is 31.4 Å². The summed E-state index contributed by atoms with van der Waals surface area (Å²) in [4.78, 5) is 1.80. The third-order valence-corrected chi connectivity index (χ3v) is 3.30. The SMILES string of the molecule is CC(C)N(CCCO)c1ccc(C(F)(F)F)cc1C(N)=S. The van der Waals surface area contributed by atoms with Gasteiger partial charge in [-0.15, -0.1) is 0 Å². The second-order valence-corrected chi connectivity index (χ2v) is 5.40. The van der Waals surface area contributed by atoms with Crippen LogP contribution in [0.2, 0.25) is 0 Å². The minimum absolute atomic E-state index is 0.00621. The average Bonchev–Trinajstić information content (AvgIpc) is 2.37. The Morgan fingerprint density at radius 1 is 1.38 bits per heavy atom. The number of nitrogens with zero attached hydrogens (tertiary/aromatic N) is 1. The van der Waals surface area contributed by atoms with Crippen molar-refractivity contribution in [1.29, 1.82) is 0 Å². The summed E-state index contributed by atoms with van der Waals surface area (Å²) in [5, 5.41) is 8.95. The first kappa shape index (κ1) is 17.7. The first-order valence-corrected chi connectivity index (χ1v) is 6.97. The van der Waals surface area contributed by atoms with Gasteiger partial charge >= 0.3 is 6.18 Å². The van der Waals surface area contributed by atoms with Gasteiger partial charge in [0.15, 0.2) is 0 Å². The number of hydrogen-bond acceptors (Lipinski definition) is 3. The highest BCUT2D eigenvalue weighted by atomic mass is 32.1. The first-order valence-electron chi connectivity index (χ1n) is 6.57. The number of hydrogen-bond donors (Lipinski definition) is 2. The van der Waals surface area contributed by atoms with E-state index in [0.29, 0.717) is 18.7 Å². The quantitative estimate of drug-likeness (QED) is 0.791. The van der Waals surface area contributed by atoms with Crippen molar-refractivity contribution in [3.8, 4) is 0 Å². The van der Waals surface area contributed by atoms with E-state index < -0.39 is 11.7 Å². The number of benzene rings is 1. The van der Waals surface area contributed by atoms with Crippen LogP contribution < -0.4 is 10.6 Å². The number of halogens is 3. The van der Waals surface area contributed by atoms with Crippen LogP contribution in [0, 0.1) is 0 Å². The van der Waals surface area contributed by atoms with Gasteiger partial charge in [0, 0.05) is 30.4 Å². The van der Waals surface area contributed by atoms with Crippen molar-refractivity contribution in [2.24, 2.45) is 5.73 Å². The van der Waals surface area contributed by atoms with Crippen molar-refractivity contribution < 1.29 is 18.3 Å². The largest absolute Gasteiger partial charge is 0.416 e. The van der Waals surface area contributed by atoms with Crippen LogP contribution in [-0.2, 0) is 6.18 Å². The third kappa shape index (κ3) is 4.57. The van der Waals surface area contributed by atoms with E-state index in [1.165, 1.54) is 6.07 Å². The molecule has 1 aromatic rings. The molecule has 1 rings (SSSR count). The van der Waals surface area contributed by atoms with Gasteiger partial charge in [-0.3, -0.25) is 0 Å². The Bertz CT molecular complexity index is 503. The molecule has 7 heteroatoms. The average molecular weight is 320 g/mol. The molecule has 1 aromatic carbocycles. The van der Waals surface area contributed by atoms with Gasteiger partial charge in [0.25, 0.3) is 0 Å². The minimum atomic E-state index is -4.44. The van der Waals surface area contributed by atoms with Crippen molar-refractivity contribution in [1.82, 2.24) is 0 Å². The molecule has 3 nitrogen and oxygen atoms in total. The molecule has 0 fully saturated rings. The smallest absolute Gasteiger partial charge is 0.396 e. The molecule has 0 heterocycles. The Kier molecular flexibility index (Phi) is 5.98. The maximum Gasteiger partial charge on any atom is 0.416 e. The lowest BCUT2D eigenvalue weighted by molar-refractivity contribution is -0.137. The molecule has 0 unspecified atom stereocenters. The maximum absolute atomic E-state index is 12.8. The van der Waals surface area contributed by atoms with Crippen LogP contribution in [0.5, 0.6) is 0 Å². The summed E-state index contributed by atoms with van der Waals surface area (Å²) >= 11 is 4.88. The number of aliphatic hydroxyl groups is 1. The third-order valence-electron chi connectivity index (χ3n) is 3.08. The molecule has 0 bridgehead atoms. The molecule has 0 amide bonds. The van der Waals surface area contributed by atoms with Gasteiger partial charge in [-0.05, 0) is 38.5 Å². The van der Waals surface area contributed by atoms with Gasteiger partial charge in [-0.25, -0.2) is 0 Å². The number of alkyl halides is 3. The van der Waals surface area contributed by atoms with Crippen molar-refractivity contribution in [2.45, 2.75) is 32.5 Å².